The number of amides is 1. The van der Waals surface area contributed by atoms with Crippen LogP contribution in [0.2, 0.25) is 0 Å². The van der Waals surface area contributed by atoms with E-state index in [-0.39, 0.29) is 12.5 Å². The molecule has 0 unspecified atom stereocenters. The predicted molar refractivity (Wildman–Crippen MR) is 82.0 cm³/mol. The molecule has 21 heavy (non-hydrogen) atoms. The Morgan fingerprint density at radius 2 is 1.95 bits per heavy atom. The number of alkyl carbamates (subject to hydrolysis) is 1. The summed E-state index contributed by atoms with van der Waals surface area (Å²) in [4.78, 5) is 11.6. The lowest BCUT2D eigenvalue weighted by Crippen LogP contribution is -2.23. The summed E-state index contributed by atoms with van der Waals surface area (Å²) in [5.74, 6) is 0.368. The molecule has 0 atom stereocenters. The zero-order valence-electron chi connectivity index (χ0n) is 12.7. The van der Waals surface area contributed by atoms with E-state index in [1.165, 1.54) is 6.08 Å². The van der Waals surface area contributed by atoms with Gasteiger partial charge in [0.15, 0.2) is 0 Å². The van der Waals surface area contributed by atoms with Gasteiger partial charge in [0.2, 0.25) is 5.90 Å². The topological polar surface area (TPSA) is 71.4 Å². The molecule has 0 aliphatic carbocycles. The van der Waals surface area contributed by atoms with Gasteiger partial charge in [-0.2, -0.15) is 0 Å². The number of carbonyl (C=O) groups is 1. The first-order chi connectivity index (χ1) is 9.97. The van der Waals surface area contributed by atoms with Gasteiger partial charge < -0.3 is 9.47 Å². The van der Waals surface area contributed by atoms with Gasteiger partial charge in [0.1, 0.15) is 6.61 Å². The van der Waals surface area contributed by atoms with Crippen LogP contribution in [0.3, 0.4) is 0 Å². The van der Waals surface area contributed by atoms with E-state index in [0.717, 1.165) is 5.56 Å². The van der Waals surface area contributed by atoms with Crippen LogP contribution in [0.15, 0.2) is 42.1 Å². The molecule has 0 aliphatic rings. The van der Waals surface area contributed by atoms with Gasteiger partial charge >= 0.3 is 6.09 Å². The molecule has 0 saturated carbocycles. The third kappa shape index (κ3) is 7.77. The molecule has 0 fully saturated rings. The number of nitrogens with one attached hydrogen (secondary N) is 2. The largest absolute Gasteiger partial charge is 0.478 e. The van der Waals surface area contributed by atoms with Gasteiger partial charge in [-0.1, -0.05) is 44.2 Å². The van der Waals surface area contributed by atoms with E-state index in [1.54, 1.807) is 6.92 Å². The van der Waals surface area contributed by atoms with Crippen molar-refractivity contribution in [3.05, 3.63) is 47.7 Å². The van der Waals surface area contributed by atoms with Gasteiger partial charge in [0.05, 0.1) is 6.61 Å². The number of carbonyl (C=O) groups excluding carboxylic acids is 1. The zero-order valence-corrected chi connectivity index (χ0v) is 12.7. The number of rotatable bonds is 6. The van der Waals surface area contributed by atoms with E-state index in [1.807, 2.05) is 44.2 Å². The van der Waals surface area contributed by atoms with Gasteiger partial charge in [-0.15, -0.1) is 0 Å². The van der Waals surface area contributed by atoms with Crippen molar-refractivity contribution in [3.8, 4) is 0 Å². The van der Waals surface area contributed by atoms with Gasteiger partial charge in [0.25, 0.3) is 0 Å². The quantitative estimate of drug-likeness (QED) is 0.622. The van der Waals surface area contributed by atoms with E-state index in [4.69, 9.17) is 14.9 Å². The Morgan fingerprint density at radius 3 is 2.57 bits per heavy atom. The van der Waals surface area contributed by atoms with E-state index >= 15 is 0 Å². The Morgan fingerprint density at radius 1 is 1.29 bits per heavy atom. The van der Waals surface area contributed by atoms with Crippen LogP contribution in [0, 0.1) is 11.3 Å². The van der Waals surface area contributed by atoms with Crippen LogP contribution in [0.1, 0.15) is 26.3 Å². The van der Waals surface area contributed by atoms with Gasteiger partial charge in [0, 0.05) is 11.8 Å². The molecule has 2 N–H and O–H groups in total. The zero-order chi connectivity index (χ0) is 15.7. The molecule has 0 aromatic heterocycles. The summed E-state index contributed by atoms with van der Waals surface area (Å²) in [6.45, 7) is 6.37. The molecule has 5 heteroatoms. The molecule has 114 valence electrons. The smallest absolute Gasteiger partial charge is 0.411 e. The second-order valence-electron chi connectivity index (χ2n) is 5.08. The lowest BCUT2D eigenvalue weighted by atomic mass is 10.2. The van der Waals surface area contributed by atoms with Crippen LogP contribution >= 0.6 is 0 Å². The summed E-state index contributed by atoms with van der Waals surface area (Å²) in [5, 5.41) is 10.2. The summed E-state index contributed by atoms with van der Waals surface area (Å²) >= 11 is 0. The molecule has 0 aliphatic heterocycles. The Labute approximate surface area is 125 Å². The monoisotopic (exact) mass is 290 g/mol. The summed E-state index contributed by atoms with van der Waals surface area (Å²) in [5.41, 5.74) is 1.42. The third-order valence-corrected chi connectivity index (χ3v) is 2.43. The number of allylic oxidation sites excluding steroid dienone is 1. The second-order valence-corrected chi connectivity index (χ2v) is 5.08. The minimum atomic E-state index is -0.552. The third-order valence-electron chi connectivity index (χ3n) is 2.43. The molecule has 0 bridgehead atoms. The molecule has 0 spiro atoms. The Balaban J connectivity index is 2.34. The molecule has 5 nitrogen and oxygen atoms in total. The van der Waals surface area contributed by atoms with Crippen LogP contribution in [0.25, 0.3) is 0 Å². The van der Waals surface area contributed by atoms with Crippen molar-refractivity contribution >= 4 is 12.0 Å². The van der Waals surface area contributed by atoms with E-state index < -0.39 is 6.09 Å². The second kappa shape index (κ2) is 8.79. The average Bonchev–Trinajstić information content (AvgIpc) is 2.44. The molecule has 1 aromatic rings. The van der Waals surface area contributed by atoms with Crippen LogP contribution < -0.4 is 5.32 Å². The summed E-state index contributed by atoms with van der Waals surface area (Å²) < 4.78 is 10.3. The molecular formula is C16H22N2O3. The molecule has 0 heterocycles. The molecule has 0 radical (unpaired) electrons. The summed E-state index contributed by atoms with van der Waals surface area (Å²) in [6.07, 6.45) is 0.899. The van der Waals surface area contributed by atoms with Crippen molar-refractivity contribution in [2.24, 2.45) is 5.92 Å². The lowest BCUT2D eigenvalue weighted by molar-refractivity contribution is 0.142. The van der Waals surface area contributed by atoms with Crippen LogP contribution in [0.4, 0.5) is 4.79 Å². The summed E-state index contributed by atoms with van der Waals surface area (Å²) in [6, 6.07) is 9.43. The minimum absolute atomic E-state index is 0.0181. The minimum Gasteiger partial charge on any atom is -0.478 e. The highest BCUT2D eigenvalue weighted by Gasteiger charge is 2.04. The molecule has 1 rings (SSSR count). The number of ether oxygens (including phenoxy) is 2. The van der Waals surface area contributed by atoms with Gasteiger partial charge in [-0.3, -0.25) is 10.7 Å². The molecule has 1 amide bonds. The van der Waals surface area contributed by atoms with E-state index in [0.29, 0.717) is 18.2 Å². The number of hydrogen-bond donors (Lipinski definition) is 2. The molecule has 0 saturated heterocycles. The first kappa shape index (κ1) is 16.8. The predicted octanol–water partition coefficient (Wildman–Crippen LogP) is 3.47. The fourth-order valence-electron chi connectivity index (χ4n) is 1.45. The molecular weight excluding hydrogens is 268 g/mol. The van der Waals surface area contributed by atoms with Crippen LogP contribution in [-0.2, 0) is 16.1 Å². The maximum Gasteiger partial charge on any atom is 0.411 e. The van der Waals surface area contributed by atoms with Crippen LogP contribution in [-0.4, -0.2) is 18.6 Å². The normalized spacial score (nSPS) is 11.1. The fourth-order valence-corrected chi connectivity index (χ4v) is 1.45. The lowest BCUT2D eigenvalue weighted by Gasteiger charge is -2.09. The molecule has 1 aromatic carbocycles. The van der Waals surface area contributed by atoms with E-state index in [2.05, 4.69) is 5.32 Å². The fraction of sp³-hybridized carbons (Fsp3) is 0.375. The van der Waals surface area contributed by atoms with Gasteiger partial charge in [-0.05, 0) is 18.4 Å². The number of hydrogen-bond acceptors (Lipinski definition) is 4. The average molecular weight is 290 g/mol. The Hall–Kier alpha value is -2.30. The Kier molecular flexibility index (Phi) is 7.01. The first-order valence-electron chi connectivity index (χ1n) is 6.84. The highest BCUT2D eigenvalue weighted by molar-refractivity contribution is 5.86. The van der Waals surface area contributed by atoms with Crippen molar-refractivity contribution < 1.29 is 14.3 Å². The highest BCUT2D eigenvalue weighted by Crippen LogP contribution is 2.01. The first-order valence-corrected chi connectivity index (χ1v) is 6.84. The van der Waals surface area contributed by atoms with Crippen molar-refractivity contribution in [1.82, 2.24) is 5.32 Å². The highest BCUT2D eigenvalue weighted by atomic mass is 16.5. The summed E-state index contributed by atoms with van der Waals surface area (Å²) in [7, 11) is 0. The van der Waals surface area contributed by atoms with Crippen molar-refractivity contribution in [1.29, 1.82) is 5.41 Å². The van der Waals surface area contributed by atoms with Crippen LogP contribution in [0.5, 0.6) is 0 Å². The number of benzene rings is 1. The van der Waals surface area contributed by atoms with Crippen molar-refractivity contribution in [3.63, 3.8) is 0 Å². The maximum atomic E-state index is 11.6. The maximum absolute atomic E-state index is 11.6. The van der Waals surface area contributed by atoms with E-state index in [9.17, 15) is 4.79 Å². The Bertz CT molecular complexity index is 496. The SMILES string of the molecule is C/C(=C/C(=N)OCC(C)C)NC(=O)OCc1ccccc1. The van der Waals surface area contributed by atoms with Gasteiger partial charge in [-0.25, -0.2) is 4.79 Å². The standard InChI is InChI=1S/C16H22N2O3/c1-12(2)10-20-15(17)9-13(3)18-16(19)21-11-14-7-5-4-6-8-14/h4-9,12,17H,10-11H2,1-3H3,(H,18,19)/b13-9-,17-15?. The van der Waals surface area contributed by atoms with Crippen molar-refractivity contribution in [2.45, 2.75) is 27.4 Å². The van der Waals surface area contributed by atoms with Crippen molar-refractivity contribution in [2.75, 3.05) is 6.61 Å².